The Balaban J connectivity index is 2.39. The molecule has 0 bridgehead atoms. The van der Waals surface area contributed by atoms with Gasteiger partial charge >= 0.3 is 0 Å². The Hall–Kier alpha value is -1.25. The van der Waals surface area contributed by atoms with Gasteiger partial charge in [-0.2, -0.15) is 0 Å². The van der Waals surface area contributed by atoms with Crippen LogP contribution in [0.25, 0.3) is 15.4 Å². The zero-order valence-corrected chi connectivity index (χ0v) is 12.5. The first kappa shape index (κ1) is 13.2. The molecule has 5 heteroatoms. The van der Waals surface area contributed by atoms with Crippen molar-refractivity contribution >= 4 is 33.0 Å². The molecule has 1 aromatic carbocycles. The molecule has 0 aliphatic carbocycles. The zero-order valence-electron chi connectivity index (χ0n) is 10.1. The Bertz CT molecular complexity index is 599. The van der Waals surface area contributed by atoms with Crippen molar-refractivity contribution in [2.45, 2.75) is 20.3 Å². The van der Waals surface area contributed by atoms with Crippen LogP contribution in [0.2, 0.25) is 0 Å². The van der Waals surface area contributed by atoms with Crippen molar-refractivity contribution < 1.29 is 0 Å². The fourth-order valence-electron chi connectivity index (χ4n) is 1.74. The molecule has 0 spiro atoms. The van der Waals surface area contributed by atoms with Gasteiger partial charge in [0.05, 0.1) is 6.57 Å². The molecule has 3 nitrogen and oxygen atoms in total. The van der Waals surface area contributed by atoms with Gasteiger partial charge in [0.15, 0.2) is 9.60 Å². The maximum atomic E-state index is 7.28. The van der Waals surface area contributed by atoms with Crippen LogP contribution in [0.15, 0.2) is 22.1 Å². The maximum absolute atomic E-state index is 7.28. The van der Waals surface area contributed by atoms with Crippen molar-refractivity contribution in [1.29, 1.82) is 0 Å². The van der Waals surface area contributed by atoms with Crippen LogP contribution in [0.5, 0.6) is 0 Å². The largest absolute Gasteiger partial charge is 0.238 e. The summed E-state index contributed by atoms with van der Waals surface area (Å²) in [6, 6.07) is 5.94. The van der Waals surface area contributed by atoms with Gasteiger partial charge in [-0.05, 0) is 39.9 Å². The lowest BCUT2D eigenvalue weighted by molar-refractivity contribution is 0.649. The first-order valence-electron chi connectivity index (χ1n) is 5.60. The van der Waals surface area contributed by atoms with E-state index in [4.69, 9.17) is 6.57 Å². The summed E-state index contributed by atoms with van der Waals surface area (Å²) >= 11 is 4.77. The summed E-state index contributed by atoms with van der Waals surface area (Å²) in [5.41, 5.74) is 2.77. The molecule has 1 aromatic heterocycles. The second-order valence-electron chi connectivity index (χ2n) is 4.41. The molecule has 2 aromatic rings. The van der Waals surface area contributed by atoms with Gasteiger partial charge in [-0.25, -0.2) is 4.85 Å². The normalized spacial score (nSPS) is 10.6. The number of nitrogens with zero attached hydrogens (tertiary/aromatic N) is 3. The summed E-state index contributed by atoms with van der Waals surface area (Å²) in [5.74, 6) is 0.548. The molecule has 2 rings (SSSR count). The third-order valence-electron chi connectivity index (χ3n) is 2.48. The van der Waals surface area contributed by atoms with E-state index in [1.165, 1.54) is 11.3 Å². The maximum Gasteiger partial charge on any atom is 0.191 e. The van der Waals surface area contributed by atoms with E-state index in [1.54, 1.807) is 0 Å². The van der Waals surface area contributed by atoms with E-state index >= 15 is 0 Å². The molecule has 0 aliphatic heterocycles. The Morgan fingerprint density at radius 2 is 2.17 bits per heavy atom. The second kappa shape index (κ2) is 5.59. The minimum Gasteiger partial charge on any atom is -0.238 e. The highest BCUT2D eigenvalue weighted by atomic mass is 79.9. The number of benzene rings is 1. The van der Waals surface area contributed by atoms with Gasteiger partial charge in [0.2, 0.25) is 0 Å². The van der Waals surface area contributed by atoms with Gasteiger partial charge in [0.25, 0.3) is 0 Å². The standard InChI is InChI=1S/C13H12BrN3S/c1-8(2)6-9-4-5-10(7-11(9)15-3)12-16-17-13(14)18-12/h4-5,7-8H,6H2,1-2H3. The van der Waals surface area contributed by atoms with E-state index in [2.05, 4.69) is 44.8 Å². The van der Waals surface area contributed by atoms with E-state index in [0.29, 0.717) is 11.6 Å². The van der Waals surface area contributed by atoms with Gasteiger partial charge < -0.3 is 0 Å². The Kier molecular flexibility index (Phi) is 4.10. The van der Waals surface area contributed by atoms with Crippen molar-refractivity contribution in [3.05, 3.63) is 39.1 Å². The minimum atomic E-state index is 0.548. The average molecular weight is 322 g/mol. The summed E-state index contributed by atoms with van der Waals surface area (Å²) in [6.45, 7) is 11.6. The van der Waals surface area contributed by atoms with E-state index in [1.807, 2.05) is 18.2 Å². The monoisotopic (exact) mass is 321 g/mol. The summed E-state index contributed by atoms with van der Waals surface area (Å²) in [7, 11) is 0. The lowest BCUT2D eigenvalue weighted by atomic mass is 10.00. The van der Waals surface area contributed by atoms with Crippen LogP contribution in [0.4, 0.5) is 5.69 Å². The predicted octanol–water partition coefficient (Wildman–Crippen LogP) is 4.72. The van der Waals surface area contributed by atoms with E-state index in [-0.39, 0.29) is 0 Å². The van der Waals surface area contributed by atoms with Gasteiger partial charge in [-0.1, -0.05) is 37.3 Å². The van der Waals surface area contributed by atoms with Gasteiger partial charge in [-0.3, -0.25) is 0 Å². The molecule has 18 heavy (non-hydrogen) atoms. The number of hydrogen-bond donors (Lipinski definition) is 0. The van der Waals surface area contributed by atoms with E-state index in [0.717, 1.165) is 26.5 Å². The van der Waals surface area contributed by atoms with Crippen molar-refractivity contribution in [2.75, 3.05) is 0 Å². The molecule has 0 unspecified atom stereocenters. The van der Waals surface area contributed by atoms with Crippen LogP contribution < -0.4 is 0 Å². The van der Waals surface area contributed by atoms with Crippen molar-refractivity contribution in [2.24, 2.45) is 5.92 Å². The number of rotatable bonds is 3. The molecule has 0 saturated heterocycles. The summed E-state index contributed by atoms with van der Waals surface area (Å²) < 4.78 is 0.758. The highest BCUT2D eigenvalue weighted by Gasteiger charge is 2.10. The molecule has 0 aliphatic rings. The van der Waals surface area contributed by atoms with Gasteiger partial charge in [-0.15, -0.1) is 10.2 Å². The molecule has 0 atom stereocenters. The van der Waals surface area contributed by atoms with Crippen LogP contribution in [0.1, 0.15) is 19.4 Å². The molecular formula is C13H12BrN3S. The summed E-state index contributed by atoms with van der Waals surface area (Å²) in [5, 5.41) is 8.83. The van der Waals surface area contributed by atoms with Crippen LogP contribution in [0, 0.1) is 12.5 Å². The van der Waals surface area contributed by atoms with Crippen molar-refractivity contribution in [3.8, 4) is 10.6 Å². The first-order chi connectivity index (χ1) is 8.60. The molecular weight excluding hydrogens is 310 g/mol. The Labute approximate surface area is 119 Å². The van der Waals surface area contributed by atoms with Gasteiger partial charge in [0.1, 0.15) is 5.01 Å². The van der Waals surface area contributed by atoms with Crippen molar-refractivity contribution in [3.63, 3.8) is 0 Å². The average Bonchev–Trinajstić information content (AvgIpc) is 2.75. The second-order valence-corrected chi connectivity index (χ2v) is 6.67. The Morgan fingerprint density at radius 3 is 2.72 bits per heavy atom. The topological polar surface area (TPSA) is 30.1 Å². The minimum absolute atomic E-state index is 0.548. The highest BCUT2D eigenvalue weighted by Crippen LogP contribution is 2.31. The molecule has 0 saturated carbocycles. The summed E-state index contributed by atoms with van der Waals surface area (Å²) in [4.78, 5) is 3.61. The third kappa shape index (κ3) is 2.95. The lowest BCUT2D eigenvalue weighted by Gasteiger charge is -2.08. The number of halogens is 1. The number of aromatic nitrogens is 2. The molecule has 1 heterocycles. The van der Waals surface area contributed by atoms with Crippen LogP contribution in [-0.2, 0) is 6.42 Å². The van der Waals surface area contributed by atoms with E-state index < -0.39 is 0 Å². The molecule has 92 valence electrons. The SMILES string of the molecule is [C-]#[N+]c1cc(-c2nnc(Br)s2)ccc1CC(C)C. The van der Waals surface area contributed by atoms with Crippen LogP contribution >= 0.6 is 27.3 Å². The molecule has 0 N–H and O–H groups in total. The fourth-order valence-corrected chi connectivity index (χ4v) is 2.84. The van der Waals surface area contributed by atoms with Crippen LogP contribution in [0.3, 0.4) is 0 Å². The first-order valence-corrected chi connectivity index (χ1v) is 7.21. The smallest absolute Gasteiger partial charge is 0.191 e. The predicted molar refractivity (Wildman–Crippen MR) is 77.8 cm³/mol. The number of hydrogen-bond acceptors (Lipinski definition) is 3. The third-order valence-corrected chi connectivity index (χ3v) is 3.89. The summed E-state index contributed by atoms with van der Waals surface area (Å²) in [6.07, 6.45) is 0.928. The van der Waals surface area contributed by atoms with Gasteiger partial charge in [0, 0.05) is 5.56 Å². The van der Waals surface area contributed by atoms with Crippen LogP contribution in [-0.4, -0.2) is 10.2 Å². The van der Waals surface area contributed by atoms with Crippen molar-refractivity contribution in [1.82, 2.24) is 10.2 Å². The zero-order chi connectivity index (χ0) is 13.1. The molecule has 0 radical (unpaired) electrons. The molecule has 0 amide bonds. The quantitative estimate of drug-likeness (QED) is 0.766. The Morgan fingerprint density at radius 1 is 1.39 bits per heavy atom. The highest BCUT2D eigenvalue weighted by molar-refractivity contribution is 9.11. The fraction of sp³-hybridized carbons (Fsp3) is 0.308. The van der Waals surface area contributed by atoms with E-state index in [9.17, 15) is 0 Å². The molecule has 0 fully saturated rings. The lowest BCUT2D eigenvalue weighted by Crippen LogP contribution is -1.94.